The number of anilines is 1. The number of halogens is 4. The lowest BCUT2D eigenvalue weighted by atomic mass is 9.98. The Morgan fingerprint density at radius 1 is 1.18 bits per heavy atom. The van der Waals surface area contributed by atoms with Crippen molar-refractivity contribution in [2.24, 2.45) is 7.05 Å². The first kappa shape index (κ1) is 31.8. The van der Waals surface area contributed by atoms with E-state index in [4.69, 9.17) is 18.0 Å². The van der Waals surface area contributed by atoms with Crippen LogP contribution < -0.4 is 16.0 Å². The number of nitrogens with one attached hydrogen (secondary N) is 3. The molecule has 238 valence electrons. The van der Waals surface area contributed by atoms with Crippen molar-refractivity contribution in [1.29, 1.82) is 0 Å². The Balaban J connectivity index is 1.21. The van der Waals surface area contributed by atoms with Crippen LogP contribution >= 0.6 is 11.6 Å². The molecule has 0 radical (unpaired) electrons. The van der Waals surface area contributed by atoms with Crippen molar-refractivity contribution >= 4 is 35.1 Å². The lowest BCUT2D eigenvalue weighted by Crippen LogP contribution is -2.65. The van der Waals surface area contributed by atoms with E-state index in [0.29, 0.717) is 26.2 Å². The van der Waals surface area contributed by atoms with Crippen LogP contribution in [0.4, 0.5) is 23.7 Å². The normalized spacial score (nSPS) is 16.1. The summed E-state index contributed by atoms with van der Waals surface area (Å²) in [4.78, 5) is 45.8. The monoisotopic (exact) mass is 647 g/mol. The maximum Gasteiger partial charge on any atom is 0.435 e. The van der Waals surface area contributed by atoms with Gasteiger partial charge in [-0.2, -0.15) is 18.3 Å². The number of piperazine rings is 1. The lowest BCUT2D eigenvalue weighted by molar-refractivity contribution is -0.141. The molecule has 2 aliphatic heterocycles. The van der Waals surface area contributed by atoms with Gasteiger partial charge in [0, 0.05) is 58.2 Å². The lowest BCUT2D eigenvalue weighted by Gasteiger charge is -2.39. The van der Waals surface area contributed by atoms with Gasteiger partial charge >= 0.3 is 12.2 Å². The molecule has 2 aliphatic rings. The molecule has 4 N–H and O–H groups in total. The zero-order valence-electron chi connectivity index (χ0n) is 24.0. The Kier molecular flexibility index (Phi) is 8.79. The fourth-order valence-corrected chi connectivity index (χ4v) is 5.25. The second-order valence-corrected chi connectivity index (χ2v) is 11.1. The average molecular weight is 648 g/mol. The SMILES string of the molecule is C#CCn1cc(-c2cnc(C(=O)Nc3ccc(C(=O)N4CCN(C(=O)NCC5(O)CNC5)CC4)c(Cl)c3)n2C)c(C(F)(F)F)n1. The maximum absolute atomic E-state index is 13.6. The second-order valence-electron chi connectivity index (χ2n) is 10.7. The van der Waals surface area contributed by atoms with Crippen LogP contribution in [0.3, 0.4) is 0 Å². The molecule has 5 rings (SSSR count). The van der Waals surface area contributed by atoms with Gasteiger partial charge in [0.15, 0.2) is 11.5 Å². The van der Waals surface area contributed by atoms with E-state index in [0.717, 1.165) is 17.1 Å². The van der Waals surface area contributed by atoms with Gasteiger partial charge in [0.2, 0.25) is 0 Å². The van der Waals surface area contributed by atoms with Crippen LogP contribution in [-0.2, 0) is 19.8 Å². The van der Waals surface area contributed by atoms with Crippen molar-refractivity contribution in [2.75, 3.05) is 51.1 Å². The van der Waals surface area contributed by atoms with Crippen LogP contribution in [-0.4, -0.2) is 103 Å². The molecule has 2 aromatic heterocycles. The molecule has 0 bridgehead atoms. The summed E-state index contributed by atoms with van der Waals surface area (Å²) >= 11 is 6.41. The fourth-order valence-electron chi connectivity index (χ4n) is 4.99. The Hall–Kier alpha value is -4.59. The molecule has 2 fully saturated rings. The number of amides is 4. The minimum Gasteiger partial charge on any atom is -0.385 e. The number of aromatic nitrogens is 4. The molecule has 4 heterocycles. The Labute approximate surface area is 260 Å². The van der Waals surface area contributed by atoms with Crippen molar-refractivity contribution in [3.05, 3.63) is 52.7 Å². The number of rotatable bonds is 7. The fraction of sp³-hybridized carbons (Fsp3) is 0.393. The number of carbonyl (C=O) groups excluding carboxylic acids is 3. The molecule has 17 heteroatoms. The molecule has 0 atom stereocenters. The number of hydrogen-bond acceptors (Lipinski definition) is 7. The summed E-state index contributed by atoms with van der Waals surface area (Å²) in [6.07, 6.45) is 2.72. The summed E-state index contributed by atoms with van der Waals surface area (Å²) in [5.41, 5.74) is -1.97. The van der Waals surface area contributed by atoms with Crippen molar-refractivity contribution < 1.29 is 32.7 Å². The highest BCUT2D eigenvalue weighted by Gasteiger charge is 2.39. The molecule has 45 heavy (non-hydrogen) atoms. The standard InChI is InChI=1S/C28H29ClF3N9O4/c1-3-6-41-13-19(22(37-41)28(30,31)32)21-12-34-23(38(21)2)24(42)36-17-4-5-18(20(29)11-17)25(43)39-7-9-40(10-8-39)26(44)35-16-27(45)14-33-15-27/h1,4-5,11-13,33,45H,6-10,14-16H2,2H3,(H,35,44)(H,36,42). The molecule has 13 nitrogen and oxygen atoms in total. The number of terminal acetylenes is 1. The molecule has 0 saturated carbocycles. The number of aliphatic hydroxyl groups is 1. The van der Waals surface area contributed by atoms with E-state index in [2.05, 4.69) is 32.0 Å². The predicted molar refractivity (Wildman–Crippen MR) is 156 cm³/mol. The Bertz CT molecular complexity index is 1670. The third-order valence-corrected chi connectivity index (χ3v) is 7.85. The van der Waals surface area contributed by atoms with Gasteiger partial charge in [-0.25, -0.2) is 9.78 Å². The van der Waals surface area contributed by atoms with Crippen molar-refractivity contribution in [3.8, 4) is 23.6 Å². The number of benzene rings is 1. The first-order valence-electron chi connectivity index (χ1n) is 13.8. The van der Waals surface area contributed by atoms with Crippen LogP contribution in [0.15, 0.2) is 30.6 Å². The number of β-amino-alcohol motifs (C(OH)–C–C–N with tert-alkyl or cyclic N) is 1. The van der Waals surface area contributed by atoms with Crippen LogP contribution in [0.2, 0.25) is 5.02 Å². The van der Waals surface area contributed by atoms with E-state index in [1.807, 2.05) is 0 Å². The van der Waals surface area contributed by atoms with Gasteiger partial charge in [-0.3, -0.25) is 14.3 Å². The van der Waals surface area contributed by atoms with E-state index < -0.39 is 23.4 Å². The van der Waals surface area contributed by atoms with E-state index in [1.165, 1.54) is 29.8 Å². The van der Waals surface area contributed by atoms with Crippen molar-refractivity contribution in [3.63, 3.8) is 0 Å². The quantitative estimate of drug-likeness (QED) is 0.285. The largest absolute Gasteiger partial charge is 0.435 e. The first-order chi connectivity index (χ1) is 21.3. The van der Waals surface area contributed by atoms with E-state index in [1.54, 1.807) is 9.80 Å². The highest BCUT2D eigenvalue weighted by Crippen LogP contribution is 2.36. The number of hydrogen-bond donors (Lipinski definition) is 4. The van der Waals surface area contributed by atoms with Gasteiger partial charge in [-0.1, -0.05) is 17.5 Å². The van der Waals surface area contributed by atoms with Crippen LogP contribution in [0.1, 0.15) is 26.7 Å². The summed E-state index contributed by atoms with van der Waals surface area (Å²) < 4.78 is 43.1. The molecule has 0 aliphatic carbocycles. The van der Waals surface area contributed by atoms with Gasteiger partial charge < -0.3 is 35.4 Å². The van der Waals surface area contributed by atoms with Crippen LogP contribution in [0, 0.1) is 12.3 Å². The summed E-state index contributed by atoms with van der Waals surface area (Å²) in [7, 11) is 1.39. The summed E-state index contributed by atoms with van der Waals surface area (Å²) in [6, 6.07) is 3.98. The number of imidazole rings is 1. The Morgan fingerprint density at radius 2 is 1.87 bits per heavy atom. The zero-order chi connectivity index (χ0) is 32.5. The molecular formula is C28H29ClF3N9O4. The maximum atomic E-state index is 13.6. The van der Waals surface area contributed by atoms with Crippen molar-refractivity contribution in [1.82, 2.24) is 39.8 Å². The van der Waals surface area contributed by atoms with Gasteiger partial charge in [-0.15, -0.1) is 6.42 Å². The van der Waals surface area contributed by atoms with E-state index in [-0.39, 0.29) is 71.5 Å². The molecular weight excluding hydrogens is 619 g/mol. The van der Waals surface area contributed by atoms with E-state index in [9.17, 15) is 32.7 Å². The third kappa shape index (κ3) is 6.75. The highest BCUT2D eigenvalue weighted by atomic mass is 35.5. The zero-order valence-corrected chi connectivity index (χ0v) is 24.7. The van der Waals surface area contributed by atoms with E-state index >= 15 is 0 Å². The smallest absolute Gasteiger partial charge is 0.385 e. The minimum absolute atomic E-state index is 0.000259. The third-order valence-electron chi connectivity index (χ3n) is 7.54. The highest BCUT2D eigenvalue weighted by molar-refractivity contribution is 6.34. The number of urea groups is 1. The number of nitrogens with zero attached hydrogens (tertiary/aromatic N) is 6. The molecule has 1 aromatic carbocycles. The number of carbonyl (C=O) groups is 3. The topological polar surface area (TPSA) is 150 Å². The molecule has 3 aromatic rings. The summed E-state index contributed by atoms with van der Waals surface area (Å²) in [5, 5.41) is 22.0. The first-order valence-corrected chi connectivity index (χ1v) is 14.1. The molecule has 0 spiro atoms. The van der Waals surface area contributed by atoms with Gasteiger partial charge in [0.1, 0.15) is 12.1 Å². The minimum atomic E-state index is -4.77. The Morgan fingerprint density at radius 3 is 2.47 bits per heavy atom. The summed E-state index contributed by atoms with van der Waals surface area (Å²) in [5.74, 6) is 0.972. The van der Waals surface area contributed by atoms with Gasteiger partial charge in [0.25, 0.3) is 11.8 Å². The molecule has 4 amide bonds. The number of alkyl halides is 3. The van der Waals surface area contributed by atoms with Gasteiger partial charge in [-0.05, 0) is 18.2 Å². The summed E-state index contributed by atoms with van der Waals surface area (Å²) in [6.45, 7) is 1.91. The predicted octanol–water partition coefficient (Wildman–Crippen LogP) is 1.64. The molecule has 0 unspecified atom stereocenters. The van der Waals surface area contributed by atoms with Gasteiger partial charge in [0.05, 0.1) is 34.6 Å². The van der Waals surface area contributed by atoms with Crippen LogP contribution in [0.25, 0.3) is 11.3 Å². The second kappa shape index (κ2) is 12.4. The molecule has 2 saturated heterocycles. The van der Waals surface area contributed by atoms with Crippen LogP contribution in [0.5, 0.6) is 0 Å². The average Bonchev–Trinajstić information content (AvgIpc) is 3.58. The van der Waals surface area contributed by atoms with Crippen molar-refractivity contribution in [2.45, 2.75) is 18.3 Å².